The zero-order valence-corrected chi connectivity index (χ0v) is 19.4. The molecular weight excluding hydrogens is 426 g/mol. The van der Waals surface area contributed by atoms with Crippen molar-refractivity contribution in [3.05, 3.63) is 7.68 Å². The van der Waals surface area contributed by atoms with Crippen LogP contribution in [0.2, 0.25) is 49.3 Å². The molecule has 0 N–H and O–H groups in total. The number of rotatable bonds is 5. The predicted molar refractivity (Wildman–Crippen MR) is 84.1 cm³/mol. The molecule has 0 fully saturated rings. The van der Waals surface area contributed by atoms with Crippen molar-refractivity contribution >= 4 is 45.1 Å². The molecule has 0 unspecified atom stereocenters. The van der Waals surface area contributed by atoms with Gasteiger partial charge in [-0.05, 0) is 0 Å². The van der Waals surface area contributed by atoms with Gasteiger partial charge in [-0.2, -0.15) is 0 Å². The summed E-state index contributed by atoms with van der Waals surface area (Å²) in [6.07, 6.45) is 0. The average molecular weight is 456 g/mol. The van der Waals surface area contributed by atoms with Crippen LogP contribution in [-0.4, -0.2) is 51.7 Å². The van der Waals surface area contributed by atoms with Crippen molar-refractivity contribution in [2.24, 2.45) is 0 Å². The maximum atomic E-state index is 6.12. The molecule has 0 aliphatic heterocycles. The average Bonchev–Trinajstić information content (AvgIpc) is 1.91. The fourth-order valence-corrected chi connectivity index (χ4v) is 24.8. The molecule has 0 saturated heterocycles. The summed E-state index contributed by atoms with van der Waals surface area (Å²) in [5, 5.41) is 0. The van der Waals surface area contributed by atoms with Crippen molar-refractivity contribution in [1.29, 1.82) is 0 Å². The van der Waals surface area contributed by atoms with Crippen molar-refractivity contribution in [2.75, 3.05) is 6.61 Å². The van der Waals surface area contributed by atoms with E-state index < -0.39 is 45.1 Å². The molecule has 0 heterocycles. The maximum absolute atomic E-state index is 6.12. The Bertz CT molecular complexity index is 254. The molecule has 16 heavy (non-hydrogen) atoms. The molecule has 0 aromatic heterocycles. The zero-order valence-electron chi connectivity index (χ0n) is 12.7. The van der Waals surface area contributed by atoms with E-state index in [1.54, 1.807) is 3.59 Å². The summed E-state index contributed by atoms with van der Waals surface area (Å²) in [5.41, 5.74) is 0. The van der Waals surface area contributed by atoms with Crippen molar-refractivity contribution in [3.63, 3.8) is 0 Å². The third-order valence-corrected chi connectivity index (χ3v) is 15.4. The van der Waals surface area contributed by atoms with Crippen molar-refractivity contribution < 1.29 is 4.43 Å². The summed E-state index contributed by atoms with van der Waals surface area (Å²) >= 11 is -3.73. The summed E-state index contributed by atoms with van der Waals surface area (Å²) in [6, 6.07) is 0. The van der Waals surface area contributed by atoms with E-state index in [1.165, 1.54) is 0 Å². The van der Waals surface area contributed by atoms with Crippen molar-refractivity contribution in [2.45, 2.75) is 49.3 Å². The molecule has 0 spiro atoms. The third-order valence-electron chi connectivity index (χ3n) is 2.23. The molecule has 0 bridgehead atoms. The van der Waals surface area contributed by atoms with Crippen molar-refractivity contribution in [3.8, 4) is 0 Å². The Morgan fingerprint density at radius 2 is 1.44 bits per heavy atom. The summed E-state index contributed by atoms with van der Waals surface area (Å²) in [4.78, 5) is 15.0. The SMILES string of the molecule is C[Si](C)(C)OC/[C](=[CH]/[Sn]([CH3])([CH3])[CH3])[Sn]([CH3])([CH3])[CH3]. The summed E-state index contributed by atoms with van der Waals surface area (Å²) in [5.74, 6) is 0. The van der Waals surface area contributed by atoms with Gasteiger partial charge < -0.3 is 0 Å². The monoisotopic (exact) mass is 458 g/mol. The van der Waals surface area contributed by atoms with E-state index in [1.807, 2.05) is 0 Å². The van der Waals surface area contributed by atoms with Gasteiger partial charge in [0.05, 0.1) is 0 Å². The fraction of sp³-hybridized carbons (Fsp3) is 0.833. The second-order valence-corrected chi connectivity index (χ2v) is 41.2. The van der Waals surface area contributed by atoms with Crippen LogP contribution in [0.5, 0.6) is 0 Å². The van der Waals surface area contributed by atoms with Crippen LogP contribution in [-0.2, 0) is 4.43 Å². The third kappa shape index (κ3) is 9.53. The zero-order chi connectivity index (χ0) is 13.2. The predicted octanol–water partition coefficient (Wildman–Crippen LogP) is 4.52. The summed E-state index contributed by atoms with van der Waals surface area (Å²) in [6.45, 7) is 7.78. The first-order chi connectivity index (χ1) is 6.81. The molecule has 0 aromatic carbocycles. The summed E-state index contributed by atoms with van der Waals surface area (Å²) < 4.78 is 10.5. The molecule has 0 saturated carbocycles. The second kappa shape index (κ2) is 6.11. The number of hydrogen-bond donors (Lipinski definition) is 0. The van der Waals surface area contributed by atoms with Crippen LogP contribution in [0.4, 0.5) is 0 Å². The van der Waals surface area contributed by atoms with Gasteiger partial charge in [-0.3, -0.25) is 0 Å². The van der Waals surface area contributed by atoms with E-state index in [0.29, 0.717) is 0 Å². The molecule has 1 nitrogen and oxygen atoms in total. The van der Waals surface area contributed by atoms with Gasteiger partial charge in [-0.15, -0.1) is 0 Å². The van der Waals surface area contributed by atoms with Gasteiger partial charge in [0.1, 0.15) is 0 Å². The van der Waals surface area contributed by atoms with Crippen LogP contribution < -0.4 is 0 Å². The minimum atomic E-state index is -1.92. The Kier molecular flexibility index (Phi) is 6.68. The van der Waals surface area contributed by atoms with Crippen LogP contribution in [0.3, 0.4) is 0 Å². The van der Waals surface area contributed by atoms with E-state index in [0.717, 1.165) is 6.61 Å². The molecule has 0 atom stereocenters. The quantitative estimate of drug-likeness (QED) is 0.554. The molecule has 0 aliphatic carbocycles. The molecule has 0 aromatic rings. The van der Waals surface area contributed by atoms with Gasteiger partial charge in [-0.1, -0.05) is 0 Å². The van der Waals surface area contributed by atoms with E-state index in [2.05, 4.69) is 53.4 Å². The first-order valence-electron chi connectivity index (χ1n) is 6.17. The van der Waals surface area contributed by atoms with Crippen molar-refractivity contribution in [1.82, 2.24) is 0 Å². The van der Waals surface area contributed by atoms with Crippen LogP contribution in [0.25, 0.3) is 0 Å². The van der Waals surface area contributed by atoms with Gasteiger partial charge in [0, 0.05) is 0 Å². The van der Waals surface area contributed by atoms with Crippen LogP contribution in [0, 0.1) is 0 Å². The van der Waals surface area contributed by atoms with Gasteiger partial charge in [-0.25, -0.2) is 0 Å². The van der Waals surface area contributed by atoms with E-state index in [9.17, 15) is 0 Å². The molecule has 0 radical (unpaired) electrons. The van der Waals surface area contributed by atoms with Gasteiger partial charge >= 0.3 is 113 Å². The molecule has 0 rings (SSSR count). The van der Waals surface area contributed by atoms with E-state index >= 15 is 0 Å². The Labute approximate surface area is 112 Å². The van der Waals surface area contributed by atoms with Crippen LogP contribution in [0.1, 0.15) is 0 Å². The molecule has 4 heteroatoms. The van der Waals surface area contributed by atoms with Crippen LogP contribution >= 0.6 is 0 Å². The second-order valence-electron chi connectivity index (χ2n) is 7.69. The first kappa shape index (κ1) is 17.5. The van der Waals surface area contributed by atoms with Crippen LogP contribution in [0.15, 0.2) is 7.68 Å². The molecule has 0 amide bonds. The summed E-state index contributed by atoms with van der Waals surface area (Å²) in [7, 11) is -1.36. The Hall–Kier alpha value is 1.51. The number of hydrogen-bond acceptors (Lipinski definition) is 1. The Morgan fingerprint density at radius 1 is 1.00 bits per heavy atom. The van der Waals surface area contributed by atoms with Gasteiger partial charge in [0.2, 0.25) is 0 Å². The topological polar surface area (TPSA) is 9.23 Å². The molecular formula is C12H30OSiSn2. The minimum absolute atomic E-state index is 0.934. The normalized spacial score (nSPS) is 15.4. The molecule has 0 aliphatic rings. The van der Waals surface area contributed by atoms with Gasteiger partial charge in [0.25, 0.3) is 0 Å². The standard InChI is InChI=1S/C6H12OSi.6CH3.2Sn/c1-5-6-7-8(2,3)4;;;;;;;;/h1H,6H2,2-4H3;6*1H3;;. The van der Waals surface area contributed by atoms with E-state index in [-0.39, 0.29) is 0 Å². The molecule has 96 valence electrons. The first-order valence-corrected chi connectivity index (χ1v) is 29.8. The Balaban J connectivity index is 4.80. The Morgan fingerprint density at radius 3 is 1.69 bits per heavy atom. The fourth-order valence-electron chi connectivity index (χ4n) is 1.29. The van der Waals surface area contributed by atoms with E-state index in [4.69, 9.17) is 4.43 Å². The van der Waals surface area contributed by atoms with Gasteiger partial charge in [0.15, 0.2) is 0 Å².